The SMILES string of the molecule is CC(BC#N)Cc1ccc(N)cc1. The maximum Gasteiger partial charge on any atom is 0.253 e. The van der Waals surface area contributed by atoms with Crippen molar-refractivity contribution in [1.82, 2.24) is 0 Å². The highest BCUT2D eigenvalue weighted by molar-refractivity contribution is 6.46. The average Bonchev–Trinajstić information content (AvgIpc) is 2.09. The molecule has 1 unspecified atom stereocenters. The number of benzene rings is 1. The molecule has 0 heterocycles. The number of anilines is 1. The van der Waals surface area contributed by atoms with E-state index in [1.54, 1.807) is 0 Å². The molecule has 0 saturated heterocycles. The summed E-state index contributed by atoms with van der Waals surface area (Å²) in [6.07, 6.45) is 0.952. The summed E-state index contributed by atoms with van der Waals surface area (Å²) in [5.41, 5.74) is 7.60. The third kappa shape index (κ3) is 3.21. The zero-order chi connectivity index (χ0) is 9.68. The van der Waals surface area contributed by atoms with Crippen LogP contribution in [0.4, 0.5) is 5.69 Å². The summed E-state index contributed by atoms with van der Waals surface area (Å²) in [5, 5.41) is 8.49. The van der Waals surface area contributed by atoms with Crippen molar-refractivity contribution in [3.05, 3.63) is 29.8 Å². The van der Waals surface area contributed by atoms with E-state index in [4.69, 9.17) is 11.0 Å². The molecule has 1 atom stereocenters. The normalized spacial score (nSPS) is 11.7. The Kier molecular flexibility index (Phi) is 3.39. The van der Waals surface area contributed by atoms with Crippen LogP contribution < -0.4 is 5.73 Å². The minimum atomic E-state index is 0.425. The highest BCUT2D eigenvalue weighted by atomic mass is 14.5. The second-order valence-electron chi connectivity index (χ2n) is 3.41. The molecule has 0 amide bonds. The smallest absolute Gasteiger partial charge is 0.253 e. The van der Waals surface area contributed by atoms with Crippen molar-refractivity contribution in [3.63, 3.8) is 0 Å². The summed E-state index contributed by atoms with van der Waals surface area (Å²) in [4.78, 5) is 0. The fourth-order valence-corrected chi connectivity index (χ4v) is 1.28. The third-order valence-corrected chi connectivity index (χ3v) is 2.00. The van der Waals surface area contributed by atoms with Gasteiger partial charge in [0.25, 0.3) is 7.28 Å². The zero-order valence-corrected chi connectivity index (χ0v) is 7.83. The summed E-state index contributed by atoms with van der Waals surface area (Å²) in [5.74, 6) is 2.60. The first kappa shape index (κ1) is 9.66. The lowest BCUT2D eigenvalue weighted by Gasteiger charge is -2.05. The Morgan fingerprint density at radius 3 is 2.62 bits per heavy atom. The van der Waals surface area contributed by atoms with Crippen LogP contribution in [0.3, 0.4) is 0 Å². The van der Waals surface area contributed by atoms with E-state index in [0.717, 1.165) is 12.1 Å². The molecule has 0 radical (unpaired) electrons. The lowest BCUT2D eigenvalue weighted by Crippen LogP contribution is -2.01. The second-order valence-corrected chi connectivity index (χ2v) is 3.41. The first-order valence-electron chi connectivity index (χ1n) is 4.43. The van der Waals surface area contributed by atoms with E-state index in [1.807, 2.05) is 24.3 Å². The lowest BCUT2D eigenvalue weighted by atomic mass is 9.65. The van der Waals surface area contributed by atoms with E-state index >= 15 is 0 Å². The van der Waals surface area contributed by atoms with Gasteiger partial charge in [0, 0.05) is 5.69 Å². The number of rotatable bonds is 3. The molecule has 66 valence electrons. The number of nitriles is 1. The van der Waals surface area contributed by atoms with Crippen molar-refractivity contribution in [1.29, 1.82) is 5.26 Å². The molecule has 0 fully saturated rings. The Hall–Kier alpha value is -1.43. The van der Waals surface area contributed by atoms with Crippen molar-refractivity contribution >= 4 is 13.0 Å². The van der Waals surface area contributed by atoms with Crippen molar-refractivity contribution in [3.8, 4) is 5.97 Å². The molecule has 0 aliphatic rings. The number of nitrogen functional groups attached to an aromatic ring is 1. The Labute approximate surface area is 79.6 Å². The molecule has 0 bridgehead atoms. The summed E-state index contributed by atoms with van der Waals surface area (Å²) in [7, 11) is 0.615. The minimum absolute atomic E-state index is 0.425. The van der Waals surface area contributed by atoms with Crippen LogP contribution in [0.15, 0.2) is 24.3 Å². The van der Waals surface area contributed by atoms with Crippen molar-refractivity contribution in [2.75, 3.05) is 5.73 Å². The fourth-order valence-electron chi connectivity index (χ4n) is 1.28. The quantitative estimate of drug-likeness (QED) is 0.555. The van der Waals surface area contributed by atoms with Crippen LogP contribution in [0, 0.1) is 11.2 Å². The Morgan fingerprint density at radius 2 is 2.08 bits per heavy atom. The molecule has 0 aliphatic carbocycles. The topological polar surface area (TPSA) is 49.8 Å². The molecule has 0 spiro atoms. The zero-order valence-electron chi connectivity index (χ0n) is 7.83. The minimum Gasteiger partial charge on any atom is -0.399 e. The monoisotopic (exact) mass is 172 g/mol. The molecule has 3 heteroatoms. The van der Waals surface area contributed by atoms with Gasteiger partial charge in [-0.2, -0.15) is 0 Å². The Morgan fingerprint density at radius 1 is 1.46 bits per heavy atom. The van der Waals surface area contributed by atoms with Crippen LogP contribution >= 0.6 is 0 Å². The summed E-state index contributed by atoms with van der Waals surface area (Å²) in [6, 6.07) is 7.83. The van der Waals surface area contributed by atoms with Gasteiger partial charge in [0.2, 0.25) is 0 Å². The largest absolute Gasteiger partial charge is 0.399 e. The standard InChI is InChI=1S/C10H13BN2/c1-8(11-7-12)6-9-2-4-10(13)5-3-9/h2-5,8,11H,6,13H2,1H3. The molecule has 0 aliphatic heterocycles. The average molecular weight is 172 g/mol. The first-order chi connectivity index (χ1) is 6.22. The number of nitrogens with zero attached hydrogens (tertiary/aromatic N) is 1. The number of hydrogen-bond donors (Lipinski definition) is 1. The maximum absolute atomic E-state index is 8.49. The Bertz CT molecular complexity index is 300. The van der Waals surface area contributed by atoms with Crippen molar-refractivity contribution in [2.45, 2.75) is 19.2 Å². The van der Waals surface area contributed by atoms with Crippen LogP contribution in [-0.2, 0) is 6.42 Å². The summed E-state index contributed by atoms with van der Waals surface area (Å²) < 4.78 is 0. The molecule has 1 aromatic rings. The third-order valence-electron chi connectivity index (χ3n) is 2.00. The Balaban J connectivity index is 2.55. The fraction of sp³-hybridized carbons (Fsp3) is 0.300. The van der Waals surface area contributed by atoms with Crippen LogP contribution in [-0.4, -0.2) is 7.28 Å². The van der Waals surface area contributed by atoms with E-state index in [-0.39, 0.29) is 0 Å². The molecule has 2 N–H and O–H groups in total. The molecule has 2 nitrogen and oxygen atoms in total. The van der Waals surface area contributed by atoms with Gasteiger partial charge in [0.1, 0.15) is 0 Å². The summed E-state index contributed by atoms with van der Waals surface area (Å²) in [6.45, 7) is 2.08. The van der Waals surface area contributed by atoms with Gasteiger partial charge < -0.3 is 5.73 Å². The van der Waals surface area contributed by atoms with Gasteiger partial charge >= 0.3 is 0 Å². The predicted molar refractivity (Wildman–Crippen MR) is 56.7 cm³/mol. The first-order valence-corrected chi connectivity index (χ1v) is 4.43. The van der Waals surface area contributed by atoms with Gasteiger partial charge in [0.05, 0.1) is 0 Å². The van der Waals surface area contributed by atoms with Crippen LogP contribution in [0.2, 0.25) is 5.82 Å². The maximum atomic E-state index is 8.49. The second kappa shape index (κ2) is 4.56. The highest BCUT2D eigenvalue weighted by Gasteiger charge is 2.04. The van der Waals surface area contributed by atoms with Gasteiger partial charge in [-0.25, -0.2) is 5.26 Å². The van der Waals surface area contributed by atoms with Crippen LogP contribution in [0.5, 0.6) is 0 Å². The van der Waals surface area contributed by atoms with Crippen molar-refractivity contribution in [2.24, 2.45) is 0 Å². The molecular formula is C10H13BN2. The van der Waals surface area contributed by atoms with Gasteiger partial charge in [-0.15, -0.1) is 0 Å². The molecule has 0 aromatic heterocycles. The predicted octanol–water partition coefficient (Wildman–Crippen LogP) is 1.54. The van der Waals surface area contributed by atoms with Gasteiger partial charge in [0.15, 0.2) is 0 Å². The van der Waals surface area contributed by atoms with Gasteiger partial charge in [-0.1, -0.05) is 19.1 Å². The van der Waals surface area contributed by atoms with E-state index in [1.165, 1.54) is 5.56 Å². The van der Waals surface area contributed by atoms with Crippen LogP contribution in [0.25, 0.3) is 0 Å². The summed E-state index contributed by atoms with van der Waals surface area (Å²) >= 11 is 0. The molecular weight excluding hydrogens is 159 g/mol. The molecule has 0 saturated carbocycles. The van der Waals surface area contributed by atoms with E-state index in [9.17, 15) is 0 Å². The lowest BCUT2D eigenvalue weighted by molar-refractivity contribution is 0.909. The van der Waals surface area contributed by atoms with E-state index in [2.05, 4.69) is 12.9 Å². The van der Waals surface area contributed by atoms with Gasteiger partial charge in [-0.3, -0.25) is 0 Å². The highest BCUT2D eigenvalue weighted by Crippen LogP contribution is 2.13. The van der Waals surface area contributed by atoms with E-state index in [0.29, 0.717) is 13.1 Å². The number of nitrogens with two attached hydrogens (primary N) is 1. The number of hydrogen-bond acceptors (Lipinski definition) is 2. The van der Waals surface area contributed by atoms with E-state index < -0.39 is 0 Å². The molecule has 1 rings (SSSR count). The molecule has 1 aromatic carbocycles. The van der Waals surface area contributed by atoms with Crippen LogP contribution in [0.1, 0.15) is 12.5 Å². The molecule has 13 heavy (non-hydrogen) atoms. The van der Waals surface area contributed by atoms with Crippen molar-refractivity contribution < 1.29 is 0 Å². The van der Waals surface area contributed by atoms with Gasteiger partial charge in [-0.05, 0) is 35.9 Å².